The Morgan fingerprint density at radius 1 is 1.26 bits per heavy atom. The molecule has 0 aromatic heterocycles. The molecular formula is C13H16N2O4. The van der Waals surface area contributed by atoms with Gasteiger partial charge in [0.05, 0.1) is 6.54 Å². The molecule has 0 fully saturated rings. The highest BCUT2D eigenvalue weighted by atomic mass is 16.4. The molecule has 0 saturated heterocycles. The summed E-state index contributed by atoms with van der Waals surface area (Å²) >= 11 is 0. The van der Waals surface area contributed by atoms with Crippen LogP contribution >= 0.6 is 0 Å². The van der Waals surface area contributed by atoms with Gasteiger partial charge in [0.25, 0.3) is 0 Å². The van der Waals surface area contributed by atoms with E-state index in [1.165, 1.54) is 11.1 Å². The number of carboxylic acid groups (broad SMARTS) is 1. The third-order valence-corrected chi connectivity index (χ3v) is 3.10. The molecule has 0 bridgehead atoms. The second-order valence-corrected chi connectivity index (χ2v) is 4.53. The van der Waals surface area contributed by atoms with Crippen molar-refractivity contribution in [2.45, 2.75) is 25.4 Å². The van der Waals surface area contributed by atoms with E-state index >= 15 is 0 Å². The van der Waals surface area contributed by atoms with Crippen molar-refractivity contribution in [3.05, 3.63) is 29.3 Å². The molecule has 0 heterocycles. The SMILES string of the molecule is O=C(NC[C@H](O)C(=O)O)Nc1ccc2c(c1)CCC2. The number of amides is 2. The fourth-order valence-electron chi connectivity index (χ4n) is 2.10. The summed E-state index contributed by atoms with van der Waals surface area (Å²) in [6.45, 7) is -0.327. The molecular weight excluding hydrogens is 248 g/mol. The minimum Gasteiger partial charge on any atom is -0.479 e. The zero-order valence-electron chi connectivity index (χ0n) is 10.3. The zero-order chi connectivity index (χ0) is 13.8. The molecule has 1 aromatic carbocycles. The Morgan fingerprint density at radius 2 is 2.00 bits per heavy atom. The standard InChI is InChI=1S/C13H16N2O4/c16-11(12(17)18)7-14-13(19)15-10-5-4-8-2-1-3-9(8)6-10/h4-6,11,16H,1-3,7H2,(H,17,18)(H2,14,15,19)/t11-/m0/s1. The average Bonchev–Trinajstić information content (AvgIpc) is 2.83. The number of hydrogen-bond acceptors (Lipinski definition) is 3. The van der Waals surface area contributed by atoms with Crippen LogP contribution in [0.15, 0.2) is 18.2 Å². The van der Waals surface area contributed by atoms with E-state index < -0.39 is 18.1 Å². The van der Waals surface area contributed by atoms with Gasteiger partial charge >= 0.3 is 12.0 Å². The van der Waals surface area contributed by atoms with Gasteiger partial charge < -0.3 is 20.8 Å². The number of aryl methyl sites for hydroxylation is 2. The number of anilines is 1. The van der Waals surface area contributed by atoms with E-state index in [-0.39, 0.29) is 6.54 Å². The first-order chi connectivity index (χ1) is 9.06. The second kappa shape index (κ2) is 5.71. The fraction of sp³-hybridized carbons (Fsp3) is 0.385. The molecule has 1 aliphatic rings. The summed E-state index contributed by atoms with van der Waals surface area (Å²) in [6.07, 6.45) is 1.64. The van der Waals surface area contributed by atoms with E-state index in [2.05, 4.69) is 10.6 Å². The Hall–Kier alpha value is -2.08. The summed E-state index contributed by atoms with van der Waals surface area (Å²) in [5.41, 5.74) is 3.22. The third-order valence-electron chi connectivity index (χ3n) is 3.10. The largest absolute Gasteiger partial charge is 0.479 e. The van der Waals surface area contributed by atoms with Gasteiger partial charge in [-0.15, -0.1) is 0 Å². The molecule has 2 amide bonds. The number of carbonyl (C=O) groups is 2. The van der Waals surface area contributed by atoms with Crippen LogP contribution in [0.3, 0.4) is 0 Å². The van der Waals surface area contributed by atoms with Crippen molar-refractivity contribution >= 4 is 17.7 Å². The molecule has 6 heteroatoms. The zero-order valence-corrected chi connectivity index (χ0v) is 10.3. The molecule has 0 unspecified atom stereocenters. The fourth-order valence-corrected chi connectivity index (χ4v) is 2.10. The molecule has 0 spiro atoms. The number of aliphatic hydroxyl groups is 1. The maximum atomic E-state index is 11.5. The lowest BCUT2D eigenvalue weighted by Gasteiger charge is -2.10. The van der Waals surface area contributed by atoms with Gasteiger partial charge in [-0.05, 0) is 42.5 Å². The van der Waals surface area contributed by atoms with Crippen LogP contribution in [0.1, 0.15) is 17.5 Å². The Bertz CT molecular complexity index is 501. The van der Waals surface area contributed by atoms with Gasteiger partial charge in [-0.25, -0.2) is 9.59 Å². The van der Waals surface area contributed by atoms with Crippen molar-refractivity contribution in [1.29, 1.82) is 0 Å². The van der Waals surface area contributed by atoms with Gasteiger partial charge in [0.1, 0.15) is 0 Å². The maximum absolute atomic E-state index is 11.5. The number of carboxylic acids is 1. The van der Waals surface area contributed by atoms with Gasteiger partial charge in [-0.3, -0.25) is 0 Å². The number of urea groups is 1. The minimum atomic E-state index is -1.59. The van der Waals surface area contributed by atoms with Gasteiger partial charge in [-0.2, -0.15) is 0 Å². The maximum Gasteiger partial charge on any atom is 0.334 e. The molecule has 1 aliphatic carbocycles. The highest BCUT2D eigenvalue weighted by molar-refractivity contribution is 5.89. The smallest absolute Gasteiger partial charge is 0.334 e. The summed E-state index contributed by atoms with van der Waals surface area (Å²) in [5, 5.41) is 22.4. The number of aliphatic carboxylic acids is 1. The number of fused-ring (bicyclic) bond motifs is 1. The van der Waals surface area contributed by atoms with Crippen LogP contribution in [-0.2, 0) is 17.6 Å². The molecule has 1 atom stereocenters. The van der Waals surface area contributed by atoms with Crippen molar-refractivity contribution < 1.29 is 19.8 Å². The van der Waals surface area contributed by atoms with Crippen LogP contribution in [0.25, 0.3) is 0 Å². The van der Waals surface area contributed by atoms with Crippen LogP contribution in [0, 0.1) is 0 Å². The van der Waals surface area contributed by atoms with Crippen molar-refractivity contribution in [2.75, 3.05) is 11.9 Å². The number of rotatable bonds is 4. The monoisotopic (exact) mass is 264 g/mol. The highest BCUT2D eigenvalue weighted by Crippen LogP contribution is 2.24. The highest BCUT2D eigenvalue weighted by Gasteiger charge is 2.15. The number of carbonyl (C=O) groups excluding carboxylic acids is 1. The quantitative estimate of drug-likeness (QED) is 0.644. The minimum absolute atomic E-state index is 0.327. The van der Waals surface area contributed by atoms with E-state index in [1.807, 2.05) is 18.2 Å². The number of benzene rings is 1. The predicted molar refractivity (Wildman–Crippen MR) is 69.1 cm³/mol. The molecule has 0 aliphatic heterocycles. The predicted octanol–water partition coefficient (Wildman–Crippen LogP) is 0.742. The van der Waals surface area contributed by atoms with Gasteiger partial charge in [0.2, 0.25) is 0 Å². The summed E-state index contributed by atoms with van der Waals surface area (Å²) in [6, 6.07) is 5.20. The molecule has 0 saturated carbocycles. The van der Waals surface area contributed by atoms with E-state index in [0.717, 1.165) is 19.3 Å². The normalized spacial score (nSPS) is 14.6. The van der Waals surface area contributed by atoms with E-state index in [9.17, 15) is 9.59 Å². The Kier molecular flexibility index (Phi) is 4.01. The molecule has 1 aromatic rings. The third kappa shape index (κ3) is 3.45. The van der Waals surface area contributed by atoms with Crippen LogP contribution in [0.2, 0.25) is 0 Å². The van der Waals surface area contributed by atoms with E-state index in [4.69, 9.17) is 10.2 Å². The first kappa shape index (κ1) is 13.4. The molecule has 0 radical (unpaired) electrons. The molecule has 19 heavy (non-hydrogen) atoms. The lowest BCUT2D eigenvalue weighted by Crippen LogP contribution is -2.38. The van der Waals surface area contributed by atoms with Gasteiger partial charge in [-0.1, -0.05) is 6.07 Å². The molecule has 4 N–H and O–H groups in total. The van der Waals surface area contributed by atoms with E-state index in [1.54, 1.807) is 0 Å². The van der Waals surface area contributed by atoms with Crippen molar-refractivity contribution in [3.8, 4) is 0 Å². The summed E-state index contributed by atoms with van der Waals surface area (Å²) in [5.74, 6) is -1.36. The van der Waals surface area contributed by atoms with Gasteiger partial charge in [0, 0.05) is 5.69 Å². The van der Waals surface area contributed by atoms with Crippen LogP contribution in [-0.4, -0.2) is 34.9 Å². The molecule has 2 rings (SSSR count). The number of hydrogen-bond donors (Lipinski definition) is 4. The summed E-state index contributed by atoms with van der Waals surface area (Å²) < 4.78 is 0. The van der Waals surface area contributed by atoms with Crippen LogP contribution in [0.5, 0.6) is 0 Å². The Morgan fingerprint density at radius 3 is 2.74 bits per heavy atom. The second-order valence-electron chi connectivity index (χ2n) is 4.53. The average molecular weight is 264 g/mol. The topological polar surface area (TPSA) is 98.7 Å². The first-order valence-corrected chi connectivity index (χ1v) is 6.14. The van der Waals surface area contributed by atoms with Crippen molar-refractivity contribution in [2.24, 2.45) is 0 Å². The Balaban J connectivity index is 1.87. The number of aliphatic hydroxyl groups excluding tert-OH is 1. The summed E-state index contributed by atoms with van der Waals surface area (Å²) in [7, 11) is 0. The lowest BCUT2D eigenvalue weighted by atomic mass is 10.1. The van der Waals surface area contributed by atoms with Crippen LogP contribution in [0.4, 0.5) is 10.5 Å². The van der Waals surface area contributed by atoms with Crippen molar-refractivity contribution in [1.82, 2.24) is 5.32 Å². The molecule has 6 nitrogen and oxygen atoms in total. The van der Waals surface area contributed by atoms with E-state index in [0.29, 0.717) is 5.69 Å². The first-order valence-electron chi connectivity index (χ1n) is 6.14. The Labute approximate surface area is 110 Å². The van der Waals surface area contributed by atoms with Crippen molar-refractivity contribution in [3.63, 3.8) is 0 Å². The van der Waals surface area contributed by atoms with Crippen LogP contribution < -0.4 is 10.6 Å². The molecule has 102 valence electrons. The number of nitrogens with one attached hydrogen (secondary N) is 2. The summed E-state index contributed by atoms with van der Waals surface area (Å²) in [4.78, 5) is 21.9. The lowest BCUT2D eigenvalue weighted by molar-refractivity contribution is -0.146. The van der Waals surface area contributed by atoms with Gasteiger partial charge in [0.15, 0.2) is 6.10 Å².